The molecule has 1 heterocycles. The van der Waals surface area contributed by atoms with Gasteiger partial charge in [0.1, 0.15) is 5.69 Å². The Hall–Kier alpha value is -2.64. The molecule has 140 valence electrons. The number of ether oxygens (including phenoxy) is 1. The van der Waals surface area contributed by atoms with Crippen molar-refractivity contribution < 1.29 is 19.4 Å². The van der Waals surface area contributed by atoms with Crippen LogP contribution < -0.4 is 5.32 Å². The van der Waals surface area contributed by atoms with Crippen molar-refractivity contribution in [2.75, 3.05) is 7.11 Å². The van der Waals surface area contributed by atoms with E-state index >= 15 is 0 Å². The van der Waals surface area contributed by atoms with E-state index in [1.54, 1.807) is 6.07 Å². The summed E-state index contributed by atoms with van der Waals surface area (Å²) >= 11 is 3.38. The lowest BCUT2D eigenvalue weighted by atomic mass is 10.0. The number of carbonyl (C=O) groups excluding carboxylic acids is 2. The molecule has 6 nitrogen and oxygen atoms in total. The molecular formula is C20H19BrN2O4. The van der Waals surface area contributed by atoms with Crippen LogP contribution in [0, 0.1) is 0 Å². The first-order chi connectivity index (χ1) is 12.9. The summed E-state index contributed by atoms with van der Waals surface area (Å²) < 4.78 is 5.58. The van der Waals surface area contributed by atoms with Crippen molar-refractivity contribution in [3.8, 4) is 0 Å². The fraction of sp³-hybridized carbons (Fsp3) is 0.200. The average molecular weight is 431 g/mol. The van der Waals surface area contributed by atoms with Gasteiger partial charge >= 0.3 is 5.97 Å². The predicted octanol–water partition coefficient (Wildman–Crippen LogP) is 3.15. The van der Waals surface area contributed by atoms with Crippen LogP contribution in [0.1, 0.15) is 22.5 Å². The first kappa shape index (κ1) is 19.1. The highest BCUT2D eigenvalue weighted by Gasteiger charge is 2.39. The average Bonchev–Trinajstić information content (AvgIpc) is 3.10. The molecule has 0 unspecified atom stereocenters. The summed E-state index contributed by atoms with van der Waals surface area (Å²) in [5.74, 6) is -1.51. The van der Waals surface area contributed by atoms with E-state index in [9.17, 15) is 14.7 Å². The molecule has 0 radical (unpaired) electrons. The number of carbonyl (C=O) groups is 2. The fourth-order valence-electron chi connectivity index (χ4n) is 2.84. The second-order valence-electron chi connectivity index (χ2n) is 6.21. The molecule has 1 atom stereocenters. The summed E-state index contributed by atoms with van der Waals surface area (Å²) in [4.78, 5) is 27.7. The predicted molar refractivity (Wildman–Crippen MR) is 105 cm³/mol. The van der Waals surface area contributed by atoms with Crippen LogP contribution >= 0.6 is 15.9 Å². The number of esters is 1. The first-order valence-corrected chi connectivity index (χ1v) is 9.16. The summed E-state index contributed by atoms with van der Waals surface area (Å²) in [6, 6.07) is 16.6. The van der Waals surface area contributed by atoms with Crippen LogP contribution in [0.3, 0.4) is 0 Å². The largest absolute Gasteiger partial charge is 0.465 e. The van der Waals surface area contributed by atoms with Gasteiger partial charge < -0.3 is 20.1 Å². The van der Waals surface area contributed by atoms with Gasteiger partial charge in [-0.05, 0) is 36.2 Å². The maximum Gasteiger partial charge on any atom is 0.359 e. The van der Waals surface area contributed by atoms with E-state index in [-0.39, 0.29) is 12.1 Å². The minimum absolute atomic E-state index is 0.0127. The third-order valence-corrected chi connectivity index (χ3v) is 4.78. The van der Waals surface area contributed by atoms with Crippen LogP contribution in [-0.4, -0.2) is 34.8 Å². The van der Waals surface area contributed by atoms with Gasteiger partial charge in [0.15, 0.2) is 0 Å². The molecule has 27 heavy (non-hydrogen) atoms. The number of hydrogen-bond donors (Lipinski definition) is 3. The molecule has 1 amide bonds. The van der Waals surface area contributed by atoms with Crippen LogP contribution in [0.15, 0.2) is 59.1 Å². The van der Waals surface area contributed by atoms with Crippen molar-refractivity contribution >= 4 is 38.7 Å². The van der Waals surface area contributed by atoms with Gasteiger partial charge in [0.2, 0.25) is 5.72 Å². The number of fused-ring (bicyclic) bond motifs is 1. The minimum Gasteiger partial charge on any atom is -0.465 e. The van der Waals surface area contributed by atoms with Gasteiger partial charge in [0.05, 0.1) is 7.11 Å². The van der Waals surface area contributed by atoms with Crippen LogP contribution in [0.2, 0.25) is 0 Å². The molecule has 7 heteroatoms. The van der Waals surface area contributed by atoms with Crippen LogP contribution in [-0.2, 0) is 16.0 Å². The second kappa shape index (κ2) is 7.94. The van der Waals surface area contributed by atoms with E-state index in [0.717, 1.165) is 20.9 Å². The number of halogens is 1. The van der Waals surface area contributed by atoms with Crippen LogP contribution in [0.4, 0.5) is 0 Å². The molecule has 0 aliphatic carbocycles. The Morgan fingerprint density at radius 1 is 1.19 bits per heavy atom. The van der Waals surface area contributed by atoms with E-state index in [1.165, 1.54) is 7.11 Å². The topological polar surface area (TPSA) is 91.4 Å². The first-order valence-electron chi connectivity index (χ1n) is 8.37. The zero-order valence-electron chi connectivity index (χ0n) is 14.7. The number of hydrogen-bond acceptors (Lipinski definition) is 4. The molecule has 0 aliphatic rings. The number of aromatic amines is 1. The maximum atomic E-state index is 12.6. The van der Waals surface area contributed by atoms with Gasteiger partial charge in [-0.2, -0.15) is 0 Å². The summed E-state index contributed by atoms with van der Waals surface area (Å²) in [6.07, 6.45) is 0.383. The molecule has 0 aliphatic heterocycles. The summed E-state index contributed by atoms with van der Waals surface area (Å²) in [5.41, 5.74) is -0.177. The number of methoxy groups -OCH3 is 1. The van der Waals surface area contributed by atoms with Crippen LogP contribution in [0.25, 0.3) is 10.9 Å². The molecule has 3 aromatic rings. The fourth-order valence-corrected chi connectivity index (χ4v) is 3.21. The van der Waals surface area contributed by atoms with Crippen LogP contribution in [0.5, 0.6) is 0 Å². The Bertz CT molecular complexity index is 971. The number of H-pyrrole nitrogens is 1. The summed E-state index contributed by atoms with van der Waals surface area (Å²) in [5, 5.41) is 14.0. The van der Waals surface area contributed by atoms with Gasteiger partial charge in [0.25, 0.3) is 5.91 Å². The number of rotatable bonds is 6. The lowest BCUT2D eigenvalue weighted by molar-refractivity contribution is -0.165. The monoisotopic (exact) mass is 430 g/mol. The van der Waals surface area contributed by atoms with Gasteiger partial charge in [-0.25, -0.2) is 4.79 Å². The quantitative estimate of drug-likeness (QED) is 0.413. The standard InChI is InChI=1S/C20H19BrN2O4/c1-27-19(25)20(26,10-9-13-5-3-2-4-6-13)23-18(24)17-12-14-11-15(21)7-8-16(14)22-17/h2-8,11-12,22,26H,9-10H2,1H3,(H,23,24)/t20-/m1/s1. The van der Waals surface area contributed by atoms with E-state index in [1.807, 2.05) is 48.5 Å². The van der Waals surface area contributed by atoms with Crippen molar-refractivity contribution in [1.29, 1.82) is 0 Å². The molecule has 0 saturated heterocycles. The summed E-state index contributed by atoms with van der Waals surface area (Å²) in [6.45, 7) is 0. The lowest BCUT2D eigenvalue weighted by Crippen LogP contribution is -2.55. The van der Waals surface area contributed by atoms with E-state index < -0.39 is 17.6 Å². The molecule has 0 fully saturated rings. The molecule has 3 rings (SSSR count). The third kappa shape index (κ3) is 4.37. The third-order valence-electron chi connectivity index (χ3n) is 4.29. The number of aliphatic hydroxyl groups is 1. The molecule has 2 aromatic carbocycles. The Labute approximate surface area is 164 Å². The molecule has 3 N–H and O–H groups in total. The second-order valence-corrected chi connectivity index (χ2v) is 7.12. The Kier molecular flexibility index (Phi) is 5.62. The zero-order valence-corrected chi connectivity index (χ0v) is 16.2. The number of aromatic nitrogens is 1. The molecule has 0 saturated carbocycles. The maximum absolute atomic E-state index is 12.6. The number of nitrogens with one attached hydrogen (secondary N) is 2. The van der Waals surface area contributed by atoms with Crippen molar-refractivity contribution in [3.63, 3.8) is 0 Å². The van der Waals surface area contributed by atoms with E-state index in [0.29, 0.717) is 6.42 Å². The Morgan fingerprint density at radius 2 is 1.93 bits per heavy atom. The van der Waals surface area contributed by atoms with Gasteiger partial charge in [-0.3, -0.25) is 4.79 Å². The van der Waals surface area contributed by atoms with E-state index in [2.05, 4.69) is 26.2 Å². The summed E-state index contributed by atoms with van der Waals surface area (Å²) in [7, 11) is 1.17. The molecule has 0 spiro atoms. The normalized spacial score (nSPS) is 13.1. The highest BCUT2D eigenvalue weighted by molar-refractivity contribution is 9.10. The minimum atomic E-state index is -2.13. The van der Waals surface area contributed by atoms with Crippen molar-refractivity contribution in [2.24, 2.45) is 0 Å². The number of aryl methyl sites for hydroxylation is 1. The highest BCUT2D eigenvalue weighted by Crippen LogP contribution is 2.21. The molecule has 0 bridgehead atoms. The number of amides is 1. The van der Waals surface area contributed by atoms with Crippen molar-refractivity contribution in [3.05, 3.63) is 70.3 Å². The van der Waals surface area contributed by atoms with Gasteiger partial charge in [0, 0.05) is 21.8 Å². The lowest BCUT2D eigenvalue weighted by Gasteiger charge is -2.26. The molecule has 1 aromatic heterocycles. The van der Waals surface area contributed by atoms with Crippen molar-refractivity contribution in [2.45, 2.75) is 18.6 Å². The number of benzene rings is 2. The van der Waals surface area contributed by atoms with Gasteiger partial charge in [-0.15, -0.1) is 0 Å². The highest BCUT2D eigenvalue weighted by atomic mass is 79.9. The Balaban J connectivity index is 1.79. The van der Waals surface area contributed by atoms with E-state index in [4.69, 9.17) is 4.74 Å². The Morgan fingerprint density at radius 3 is 2.63 bits per heavy atom. The van der Waals surface area contributed by atoms with Gasteiger partial charge in [-0.1, -0.05) is 46.3 Å². The van der Waals surface area contributed by atoms with Crippen molar-refractivity contribution in [1.82, 2.24) is 10.3 Å². The zero-order chi connectivity index (χ0) is 19.4. The SMILES string of the molecule is COC(=O)[C@](O)(CCc1ccccc1)NC(=O)c1cc2cc(Br)ccc2[nH]1. The molecular weight excluding hydrogens is 412 g/mol. The smallest absolute Gasteiger partial charge is 0.359 e.